The van der Waals surface area contributed by atoms with Crippen molar-refractivity contribution in [1.29, 1.82) is 0 Å². The summed E-state index contributed by atoms with van der Waals surface area (Å²) >= 11 is 0. The Balaban J connectivity index is 2.49. The Hall–Kier alpha value is -0.900. The maximum atomic E-state index is 10.2. The molecule has 0 aliphatic carbocycles. The van der Waals surface area contributed by atoms with Crippen molar-refractivity contribution in [2.24, 2.45) is 5.92 Å². The molecule has 21 heavy (non-hydrogen) atoms. The van der Waals surface area contributed by atoms with Gasteiger partial charge in [0.25, 0.3) is 0 Å². The van der Waals surface area contributed by atoms with Crippen molar-refractivity contribution in [2.45, 2.75) is 52.8 Å². The number of rotatable bonds is 10. The van der Waals surface area contributed by atoms with Crippen LogP contribution in [-0.2, 0) is 11.3 Å². The molecule has 1 aromatic rings. The molecular weight excluding hydrogens is 262 g/mol. The van der Waals surface area contributed by atoms with Crippen molar-refractivity contribution in [3.63, 3.8) is 0 Å². The van der Waals surface area contributed by atoms with Crippen LogP contribution in [0.5, 0.6) is 0 Å². The first kappa shape index (κ1) is 18.1. The van der Waals surface area contributed by atoms with Crippen LogP contribution in [0.25, 0.3) is 0 Å². The van der Waals surface area contributed by atoms with Gasteiger partial charge in [-0.05, 0) is 24.8 Å². The van der Waals surface area contributed by atoms with Crippen LogP contribution in [0.3, 0.4) is 0 Å². The van der Waals surface area contributed by atoms with Gasteiger partial charge in [0, 0.05) is 25.7 Å². The first-order valence-electron chi connectivity index (χ1n) is 8.06. The number of hydrogen-bond donors (Lipinski definition) is 1. The zero-order chi connectivity index (χ0) is 15.7. The lowest BCUT2D eigenvalue weighted by Gasteiger charge is -2.30. The minimum Gasteiger partial charge on any atom is -0.389 e. The van der Waals surface area contributed by atoms with Crippen molar-refractivity contribution in [3.8, 4) is 0 Å². The summed E-state index contributed by atoms with van der Waals surface area (Å²) in [4.78, 5) is 2.33. The lowest BCUT2D eigenvalue weighted by Crippen LogP contribution is -2.40. The maximum absolute atomic E-state index is 10.2. The molecule has 120 valence electrons. The molecule has 0 bridgehead atoms. The predicted molar refractivity (Wildman–Crippen MR) is 88.3 cm³/mol. The van der Waals surface area contributed by atoms with Gasteiger partial charge in [0.1, 0.15) is 0 Å². The zero-order valence-corrected chi connectivity index (χ0v) is 14.0. The van der Waals surface area contributed by atoms with Crippen LogP contribution in [0.15, 0.2) is 30.3 Å². The largest absolute Gasteiger partial charge is 0.389 e. The van der Waals surface area contributed by atoms with E-state index in [-0.39, 0.29) is 0 Å². The fraction of sp³-hybridized carbons (Fsp3) is 0.667. The van der Waals surface area contributed by atoms with Crippen molar-refractivity contribution in [3.05, 3.63) is 35.9 Å². The number of aliphatic hydroxyl groups excluding tert-OH is 1. The smallest absolute Gasteiger partial charge is 0.0900 e. The maximum Gasteiger partial charge on any atom is 0.0900 e. The molecule has 1 N–H and O–H groups in total. The monoisotopic (exact) mass is 293 g/mol. The second-order valence-corrected chi connectivity index (χ2v) is 6.26. The van der Waals surface area contributed by atoms with Crippen LogP contribution >= 0.6 is 0 Å². The highest BCUT2D eigenvalue weighted by molar-refractivity contribution is 5.14. The van der Waals surface area contributed by atoms with Crippen molar-refractivity contribution in [1.82, 2.24) is 4.90 Å². The molecule has 1 rings (SSSR count). The second kappa shape index (κ2) is 9.93. The summed E-state index contributed by atoms with van der Waals surface area (Å²) in [5.41, 5.74) is 1.29. The fourth-order valence-electron chi connectivity index (χ4n) is 2.24. The normalized spacial score (nSPS) is 14.6. The first-order valence-corrected chi connectivity index (χ1v) is 8.06. The SMILES string of the molecule is CC[C@H](C)N(Cc1ccccc1)C[C@@H](O)COCC(C)C. The molecule has 0 aliphatic heterocycles. The van der Waals surface area contributed by atoms with Crippen LogP contribution in [0, 0.1) is 5.92 Å². The van der Waals surface area contributed by atoms with Gasteiger partial charge in [0.15, 0.2) is 0 Å². The average Bonchev–Trinajstić information content (AvgIpc) is 2.46. The van der Waals surface area contributed by atoms with Gasteiger partial charge in [-0.3, -0.25) is 4.90 Å². The van der Waals surface area contributed by atoms with Gasteiger partial charge in [-0.1, -0.05) is 51.1 Å². The number of aliphatic hydroxyl groups is 1. The van der Waals surface area contributed by atoms with Gasteiger partial charge in [0.05, 0.1) is 12.7 Å². The van der Waals surface area contributed by atoms with E-state index in [1.807, 2.05) is 6.07 Å². The molecular formula is C18H31NO2. The van der Waals surface area contributed by atoms with Crippen LogP contribution in [0.2, 0.25) is 0 Å². The number of nitrogens with zero attached hydrogens (tertiary/aromatic N) is 1. The third kappa shape index (κ3) is 7.60. The Morgan fingerprint density at radius 1 is 1.10 bits per heavy atom. The highest BCUT2D eigenvalue weighted by Gasteiger charge is 2.17. The summed E-state index contributed by atoms with van der Waals surface area (Å²) in [6, 6.07) is 10.9. The highest BCUT2D eigenvalue weighted by atomic mass is 16.5. The molecule has 0 fully saturated rings. The summed E-state index contributed by atoms with van der Waals surface area (Å²) in [6.45, 7) is 11.3. The Bertz CT molecular complexity index is 367. The molecule has 1 aromatic carbocycles. The molecule has 0 amide bonds. The Morgan fingerprint density at radius 3 is 2.33 bits per heavy atom. The summed E-state index contributed by atoms with van der Waals surface area (Å²) < 4.78 is 5.54. The summed E-state index contributed by atoms with van der Waals surface area (Å²) in [6.07, 6.45) is 0.647. The number of ether oxygens (including phenoxy) is 1. The minimum atomic E-state index is -0.429. The quantitative estimate of drug-likeness (QED) is 0.718. The van der Waals surface area contributed by atoms with Gasteiger partial charge in [-0.25, -0.2) is 0 Å². The number of hydrogen-bond acceptors (Lipinski definition) is 3. The van der Waals surface area contributed by atoms with E-state index in [1.165, 1.54) is 5.56 Å². The lowest BCUT2D eigenvalue weighted by molar-refractivity contribution is 0.000123. The van der Waals surface area contributed by atoms with Crippen LogP contribution in [-0.4, -0.2) is 41.9 Å². The molecule has 2 atom stereocenters. The predicted octanol–water partition coefficient (Wildman–Crippen LogP) is 3.32. The van der Waals surface area contributed by atoms with Gasteiger partial charge < -0.3 is 9.84 Å². The van der Waals surface area contributed by atoms with E-state index in [2.05, 4.69) is 56.9 Å². The Morgan fingerprint density at radius 2 is 1.76 bits per heavy atom. The van der Waals surface area contributed by atoms with E-state index in [9.17, 15) is 5.11 Å². The van der Waals surface area contributed by atoms with E-state index >= 15 is 0 Å². The first-order chi connectivity index (χ1) is 10.0. The van der Waals surface area contributed by atoms with Crippen molar-refractivity contribution in [2.75, 3.05) is 19.8 Å². The molecule has 0 saturated heterocycles. The van der Waals surface area contributed by atoms with Gasteiger partial charge in [-0.2, -0.15) is 0 Å². The average molecular weight is 293 g/mol. The van der Waals surface area contributed by atoms with E-state index < -0.39 is 6.10 Å². The van der Waals surface area contributed by atoms with Crippen molar-refractivity contribution < 1.29 is 9.84 Å². The minimum absolute atomic E-state index is 0.417. The lowest BCUT2D eigenvalue weighted by atomic mass is 10.1. The second-order valence-electron chi connectivity index (χ2n) is 6.26. The molecule has 0 aliphatic rings. The molecule has 0 heterocycles. The standard InChI is InChI=1S/C18H31NO2/c1-5-16(4)19(11-17-9-7-6-8-10-17)12-18(20)14-21-13-15(2)3/h6-10,15-16,18,20H,5,11-14H2,1-4H3/t16-,18+/m0/s1. The van der Waals surface area contributed by atoms with E-state index in [1.54, 1.807) is 0 Å². The molecule has 0 saturated carbocycles. The molecule has 0 spiro atoms. The topological polar surface area (TPSA) is 32.7 Å². The fourth-order valence-corrected chi connectivity index (χ4v) is 2.24. The van der Waals surface area contributed by atoms with E-state index in [4.69, 9.17) is 4.74 Å². The summed E-state index contributed by atoms with van der Waals surface area (Å²) in [7, 11) is 0. The molecule has 0 radical (unpaired) electrons. The molecule has 3 nitrogen and oxygen atoms in total. The van der Waals surface area contributed by atoms with Crippen molar-refractivity contribution >= 4 is 0 Å². The van der Waals surface area contributed by atoms with E-state index in [0.29, 0.717) is 31.7 Å². The van der Waals surface area contributed by atoms with E-state index in [0.717, 1.165) is 13.0 Å². The van der Waals surface area contributed by atoms with Crippen LogP contribution in [0.1, 0.15) is 39.7 Å². The van der Waals surface area contributed by atoms with Crippen LogP contribution in [0.4, 0.5) is 0 Å². The third-order valence-corrected chi connectivity index (χ3v) is 3.65. The Labute approximate surface area is 129 Å². The van der Waals surface area contributed by atoms with Gasteiger partial charge in [0.2, 0.25) is 0 Å². The number of benzene rings is 1. The summed E-state index contributed by atoms with van der Waals surface area (Å²) in [5.74, 6) is 0.507. The zero-order valence-electron chi connectivity index (χ0n) is 14.0. The van der Waals surface area contributed by atoms with Gasteiger partial charge >= 0.3 is 0 Å². The molecule has 3 heteroatoms. The highest BCUT2D eigenvalue weighted by Crippen LogP contribution is 2.11. The third-order valence-electron chi connectivity index (χ3n) is 3.65. The van der Waals surface area contributed by atoms with Gasteiger partial charge in [-0.15, -0.1) is 0 Å². The van der Waals surface area contributed by atoms with Crippen LogP contribution < -0.4 is 0 Å². The molecule has 0 unspecified atom stereocenters. The molecule has 0 aromatic heterocycles. The summed E-state index contributed by atoms with van der Waals surface area (Å²) in [5, 5.41) is 10.2. The Kier molecular flexibility index (Phi) is 8.58.